The first kappa shape index (κ1) is 10.7. The summed E-state index contributed by atoms with van der Waals surface area (Å²) in [5, 5.41) is 3.25. The van der Waals surface area contributed by atoms with E-state index in [4.69, 9.17) is 4.74 Å². The van der Waals surface area contributed by atoms with Gasteiger partial charge in [-0.3, -0.25) is 0 Å². The minimum absolute atomic E-state index is 0.182. The lowest BCUT2D eigenvalue weighted by molar-refractivity contribution is -0.135. The fourth-order valence-corrected chi connectivity index (χ4v) is 1.71. The van der Waals surface area contributed by atoms with E-state index in [0.717, 1.165) is 17.8 Å². The quantitative estimate of drug-likeness (QED) is 0.621. The molecule has 1 aromatic rings. The molecule has 0 unspecified atom stereocenters. The van der Waals surface area contributed by atoms with Gasteiger partial charge in [0.2, 0.25) is 0 Å². The van der Waals surface area contributed by atoms with Crippen LogP contribution in [0, 0.1) is 0 Å². The predicted molar refractivity (Wildman–Crippen MR) is 61.6 cm³/mol. The monoisotopic (exact) mass is 217 g/mol. The van der Waals surface area contributed by atoms with Gasteiger partial charge in [-0.15, -0.1) is 0 Å². The normalized spacial score (nSPS) is 18.2. The first-order valence-corrected chi connectivity index (χ1v) is 5.42. The summed E-state index contributed by atoms with van der Waals surface area (Å²) < 4.78 is 4.90. The Balaban J connectivity index is 1.98. The molecule has 0 spiro atoms. The highest BCUT2D eigenvalue weighted by Gasteiger charge is 2.20. The van der Waals surface area contributed by atoms with Crippen LogP contribution in [0.4, 0.5) is 0 Å². The largest absolute Gasteiger partial charge is 0.462 e. The first-order valence-electron chi connectivity index (χ1n) is 5.42. The Kier molecular flexibility index (Phi) is 3.25. The number of rotatable bonds is 3. The second-order valence-electron chi connectivity index (χ2n) is 3.83. The van der Waals surface area contributed by atoms with Crippen LogP contribution < -0.4 is 5.32 Å². The van der Waals surface area contributed by atoms with Crippen LogP contribution in [0.3, 0.4) is 0 Å². The van der Waals surface area contributed by atoms with Gasteiger partial charge in [-0.05, 0) is 12.5 Å². The molecule has 0 radical (unpaired) electrons. The molecule has 0 aliphatic carbocycles. The van der Waals surface area contributed by atoms with Crippen LogP contribution in [0.25, 0.3) is 0 Å². The van der Waals surface area contributed by atoms with Crippen molar-refractivity contribution in [2.24, 2.45) is 0 Å². The lowest BCUT2D eigenvalue weighted by Gasteiger charge is -2.08. The SMILES string of the molecule is C/C(NCc1ccccc1)=C1/CCOC1=O. The molecule has 1 aliphatic rings. The van der Waals surface area contributed by atoms with Gasteiger partial charge in [-0.1, -0.05) is 30.3 Å². The van der Waals surface area contributed by atoms with Crippen molar-refractivity contribution >= 4 is 5.97 Å². The van der Waals surface area contributed by atoms with Crippen LogP contribution in [-0.4, -0.2) is 12.6 Å². The van der Waals surface area contributed by atoms with E-state index in [2.05, 4.69) is 17.4 Å². The molecule has 16 heavy (non-hydrogen) atoms. The predicted octanol–water partition coefficient (Wildman–Crippen LogP) is 2.00. The molecule has 0 bridgehead atoms. The summed E-state index contributed by atoms with van der Waals surface area (Å²) in [6.45, 7) is 3.17. The molecule has 3 nitrogen and oxygen atoms in total. The number of cyclic esters (lactones) is 1. The van der Waals surface area contributed by atoms with Gasteiger partial charge in [0, 0.05) is 18.7 Å². The smallest absolute Gasteiger partial charge is 0.335 e. The second-order valence-corrected chi connectivity index (χ2v) is 3.83. The number of ether oxygens (including phenoxy) is 1. The molecule has 1 N–H and O–H groups in total. The summed E-state index contributed by atoms with van der Waals surface area (Å²) in [5.41, 5.74) is 2.90. The number of hydrogen-bond donors (Lipinski definition) is 1. The number of carbonyl (C=O) groups excluding carboxylic acids is 1. The van der Waals surface area contributed by atoms with Gasteiger partial charge in [0.05, 0.1) is 12.2 Å². The number of carbonyl (C=O) groups is 1. The summed E-state index contributed by atoms with van der Waals surface area (Å²) >= 11 is 0. The van der Waals surface area contributed by atoms with Gasteiger partial charge in [0.25, 0.3) is 0 Å². The lowest BCUT2D eigenvalue weighted by atomic mass is 10.1. The minimum Gasteiger partial charge on any atom is -0.462 e. The Morgan fingerprint density at radius 1 is 1.38 bits per heavy atom. The summed E-state index contributed by atoms with van der Waals surface area (Å²) in [6.07, 6.45) is 0.715. The van der Waals surface area contributed by atoms with Crippen molar-refractivity contribution < 1.29 is 9.53 Å². The Labute approximate surface area is 95.1 Å². The topological polar surface area (TPSA) is 38.3 Å². The van der Waals surface area contributed by atoms with E-state index in [0.29, 0.717) is 13.0 Å². The Morgan fingerprint density at radius 2 is 2.12 bits per heavy atom. The van der Waals surface area contributed by atoms with Crippen LogP contribution >= 0.6 is 0 Å². The Bertz CT molecular complexity index is 409. The Morgan fingerprint density at radius 3 is 2.75 bits per heavy atom. The van der Waals surface area contributed by atoms with Crippen molar-refractivity contribution in [2.75, 3.05) is 6.61 Å². The summed E-state index contributed by atoms with van der Waals surface area (Å²) in [5.74, 6) is -0.182. The van der Waals surface area contributed by atoms with Crippen molar-refractivity contribution in [3.63, 3.8) is 0 Å². The lowest BCUT2D eigenvalue weighted by Crippen LogP contribution is -2.14. The third-order valence-electron chi connectivity index (χ3n) is 2.68. The average Bonchev–Trinajstić information content (AvgIpc) is 2.74. The van der Waals surface area contributed by atoms with Crippen molar-refractivity contribution in [2.45, 2.75) is 19.9 Å². The van der Waals surface area contributed by atoms with Gasteiger partial charge in [0.15, 0.2) is 0 Å². The maximum Gasteiger partial charge on any atom is 0.335 e. The highest BCUT2D eigenvalue weighted by Crippen LogP contribution is 2.16. The zero-order valence-electron chi connectivity index (χ0n) is 9.32. The third-order valence-corrected chi connectivity index (χ3v) is 2.68. The second kappa shape index (κ2) is 4.84. The standard InChI is InChI=1S/C13H15NO2/c1-10(12-7-8-16-13(12)15)14-9-11-5-3-2-4-6-11/h2-6,14H,7-9H2,1H3/b12-10+. The number of allylic oxidation sites excluding steroid dienone is 1. The van der Waals surface area contributed by atoms with Crippen molar-refractivity contribution in [3.05, 3.63) is 47.2 Å². The van der Waals surface area contributed by atoms with E-state index < -0.39 is 0 Å². The summed E-state index contributed by atoms with van der Waals surface area (Å²) in [4.78, 5) is 11.3. The molecular weight excluding hydrogens is 202 g/mol. The fourth-order valence-electron chi connectivity index (χ4n) is 1.71. The molecule has 1 fully saturated rings. The first-order chi connectivity index (χ1) is 7.77. The van der Waals surface area contributed by atoms with E-state index in [9.17, 15) is 4.79 Å². The number of hydrogen-bond acceptors (Lipinski definition) is 3. The van der Waals surface area contributed by atoms with Crippen molar-refractivity contribution in [1.29, 1.82) is 0 Å². The van der Waals surface area contributed by atoms with Crippen LogP contribution in [0.15, 0.2) is 41.6 Å². The van der Waals surface area contributed by atoms with E-state index in [-0.39, 0.29) is 5.97 Å². The number of esters is 1. The molecule has 2 rings (SSSR count). The molecule has 1 aromatic carbocycles. The molecule has 1 aliphatic heterocycles. The Hall–Kier alpha value is -1.77. The van der Waals surface area contributed by atoms with E-state index in [1.807, 2.05) is 25.1 Å². The maximum atomic E-state index is 11.3. The zero-order chi connectivity index (χ0) is 11.4. The van der Waals surface area contributed by atoms with Gasteiger partial charge in [-0.25, -0.2) is 4.79 Å². The van der Waals surface area contributed by atoms with Gasteiger partial charge >= 0.3 is 5.97 Å². The van der Waals surface area contributed by atoms with Crippen LogP contribution in [0.1, 0.15) is 18.9 Å². The van der Waals surface area contributed by atoms with Crippen LogP contribution in [-0.2, 0) is 16.1 Å². The molecule has 0 atom stereocenters. The van der Waals surface area contributed by atoms with Crippen LogP contribution in [0.2, 0.25) is 0 Å². The average molecular weight is 217 g/mol. The zero-order valence-corrected chi connectivity index (χ0v) is 9.32. The maximum absolute atomic E-state index is 11.3. The van der Waals surface area contributed by atoms with E-state index in [1.54, 1.807) is 0 Å². The fraction of sp³-hybridized carbons (Fsp3) is 0.308. The van der Waals surface area contributed by atoms with Gasteiger partial charge in [-0.2, -0.15) is 0 Å². The van der Waals surface area contributed by atoms with E-state index >= 15 is 0 Å². The molecule has 0 amide bonds. The van der Waals surface area contributed by atoms with Crippen LogP contribution in [0.5, 0.6) is 0 Å². The molecule has 84 valence electrons. The minimum atomic E-state index is -0.182. The van der Waals surface area contributed by atoms with Crippen molar-refractivity contribution in [1.82, 2.24) is 5.32 Å². The van der Waals surface area contributed by atoms with Gasteiger partial charge in [0.1, 0.15) is 0 Å². The highest BCUT2D eigenvalue weighted by molar-refractivity contribution is 5.90. The third kappa shape index (κ3) is 2.42. The number of nitrogens with one attached hydrogen (secondary N) is 1. The molecule has 0 aromatic heterocycles. The molecular formula is C13H15NO2. The number of benzene rings is 1. The van der Waals surface area contributed by atoms with Gasteiger partial charge < -0.3 is 10.1 Å². The summed E-state index contributed by atoms with van der Waals surface area (Å²) in [6, 6.07) is 10.1. The van der Waals surface area contributed by atoms with Crippen molar-refractivity contribution in [3.8, 4) is 0 Å². The summed E-state index contributed by atoms with van der Waals surface area (Å²) in [7, 11) is 0. The highest BCUT2D eigenvalue weighted by atomic mass is 16.5. The molecule has 1 heterocycles. The molecule has 3 heteroatoms. The molecule has 0 saturated carbocycles. The molecule has 1 saturated heterocycles. The van der Waals surface area contributed by atoms with E-state index in [1.165, 1.54) is 5.56 Å².